The van der Waals surface area contributed by atoms with Crippen LogP contribution in [0.25, 0.3) is 0 Å². The van der Waals surface area contributed by atoms with Crippen LogP contribution in [0.15, 0.2) is 12.5 Å². The molecule has 6 heteroatoms. The normalized spacial score (nSPS) is 16.2. The van der Waals surface area contributed by atoms with Gasteiger partial charge in [-0.3, -0.25) is 0 Å². The summed E-state index contributed by atoms with van der Waals surface area (Å²) in [4.78, 5) is 16.0. The number of ether oxygens (including phenoxy) is 1. The summed E-state index contributed by atoms with van der Waals surface area (Å²) in [5.41, 5.74) is 0.750. The first-order chi connectivity index (χ1) is 10.9. The summed E-state index contributed by atoms with van der Waals surface area (Å²) < 4.78 is 7.54. The second kappa shape index (κ2) is 7.81. The van der Waals surface area contributed by atoms with Crippen LogP contribution in [0.5, 0.6) is 0 Å². The van der Waals surface area contributed by atoms with Gasteiger partial charge in [-0.05, 0) is 40.0 Å². The molecular formula is C17H30N4O2. The van der Waals surface area contributed by atoms with Crippen molar-refractivity contribution in [2.45, 2.75) is 77.6 Å². The SMILES string of the molecule is CCCC(CNC(=O)OC(C)(C)C)NCc1cncn1C1CC1. The van der Waals surface area contributed by atoms with E-state index in [1.165, 1.54) is 18.5 Å². The van der Waals surface area contributed by atoms with Crippen LogP contribution in [0.1, 0.15) is 65.1 Å². The molecule has 0 saturated heterocycles. The number of hydrogen-bond donors (Lipinski definition) is 2. The lowest BCUT2D eigenvalue weighted by atomic mass is 10.1. The van der Waals surface area contributed by atoms with E-state index in [-0.39, 0.29) is 12.1 Å². The fraction of sp³-hybridized carbons (Fsp3) is 0.765. The average molecular weight is 322 g/mol. The number of nitrogens with one attached hydrogen (secondary N) is 2. The van der Waals surface area contributed by atoms with E-state index in [0.717, 1.165) is 19.4 Å². The van der Waals surface area contributed by atoms with Crippen LogP contribution < -0.4 is 10.6 Å². The molecule has 0 bridgehead atoms. The molecule has 0 aliphatic heterocycles. The highest BCUT2D eigenvalue weighted by atomic mass is 16.6. The van der Waals surface area contributed by atoms with E-state index in [1.807, 2.05) is 33.3 Å². The Labute approximate surface area is 139 Å². The van der Waals surface area contributed by atoms with Gasteiger partial charge in [0.05, 0.1) is 12.0 Å². The van der Waals surface area contributed by atoms with Gasteiger partial charge in [-0.1, -0.05) is 13.3 Å². The number of alkyl carbamates (subject to hydrolysis) is 1. The molecule has 1 saturated carbocycles. The summed E-state index contributed by atoms with van der Waals surface area (Å²) in [7, 11) is 0. The Kier molecular flexibility index (Phi) is 6.04. The predicted octanol–water partition coefficient (Wildman–Crippen LogP) is 3.00. The molecule has 130 valence electrons. The minimum absolute atomic E-state index is 0.232. The number of aromatic nitrogens is 2. The lowest BCUT2D eigenvalue weighted by Crippen LogP contribution is -2.42. The van der Waals surface area contributed by atoms with Crippen molar-refractivity contribution in [1.82, 2.24) is 20.2 Å². The third-order valence-electron chi connectivity index (χ3n) is 3.79. The number of amides is 1. The van der Waals surface area contributed by atoms with Crippen LogP contribution in [-0.4, -0.2) is 33.8 Å². The van der Waals surface area contributed by atoms with Gasteiger partial charge in [-0.2, -0.15) is 0 Å². The van der Waals surface area contributed by atoms with Crippen molar-refractivity contribution in [1.29, 1.82) is 0 Å². The van der Waals surface area contributed by atoms with Gasteiger partial charge in [0.2, 0.25) is 0 Å². The van der Waals surface area contributed by atoms with Crippen molar-refractivity contribution in [3.8, 4) is 0 Å². The third kappa shape index (κ3) is 6.22. The molecule has 0 aromatic carbocycles. The van der Waals surface area contributed by atoms with Crippen LogP contribution in [0.4, 0.5) is 4.79 Å². The molecule has 1 atom stereocenters. The zero-order chi connectivity index (χ0) is 16.9. The maximum absolute atomic E-state index is 11.8. The number of nitrogens with zero attached hydrogens (tertiary/aromatic N) is 2. The molecule has 1 aliphatic rings. The molecule has 1 fully saturated rings. The third-order valence-corrected chi connectivity index (χ3v) is 3.79. The van der Waals surface area contributed by atoms with E-state index in [9.17, 15) is 4.79 Å². The Bertz CT molecular complexity index is 503. The Balaban J connectivity index is 1.79. The molecule has 1 aromatic rings. The number of carbonyl (C=O) groups excluding carboxylic acids is 1. The summed E-state index contributed by atoms with van der Waals surface area (Å²) in [6.07, 6.45) is 8.06. The molecular weight excluding hydrogens is 292 g/mol. The minimum atomic E-state index is -0.464. The highest BCUT2D eigenvalue weighted by molar-refractivity contribution is 5.67. The molecule has 1 aromatic heterocycles. The maximum Gasteiger partial charge on any atom is 0.407 e. The second-order valence-corrected chi connectivity index (χ2v) is 7.27. The van der Waals surface area contributed by atoms with Crippen molar-refractivity contribution in [3.05, 3.63) is 18.2 Å². The summed E-state index contributed by atoms with van der Waals surface area (Å²) in [5, 5.41) is 6.39. The lowest BCUT2D eigenvalue weighted by Gasteiger charge is -2.22. The second-order valence-electron chi connectivity index (χ2n) is 7.27. The van der Waals surface area contributed by atoms with Gasteiger partial charge in [-0.25, -0.2) is 9.78 Å². The molecule has 1 amide bonds. The summed E-state index contributed by atoms with van der Waals surface area (Å²) in [5.74, 6) is 0. The van der Waals surface area contributed by atoms with Crippen molar-refractivity contribution >= 4 is 6.09 Å². The summed E-state index contributed by atoms with van der Waals surface area (Å²) >= 11 is 0. The predicted molar refractivity (Wildman–Crippen MR) is 90.3 cm³/mol. The van der Waals surface area contributed by atoms with E-state index in [2.05, 4.69) is 27.1 Å². The number of imidazole rings is 1. The molecule has 1 heterocycles. The number of rotatable bonds is 8. The van der Waals surface area contributed by atoms with Crippen LogP contribution in [0.2, 0.25) is 0 Å². The van der Waals surface area contributed by atoms with Crippen molar-refractivity contribution in [2.24, 2.45) is 0 Å². The molecule has 0 radical (unpaired) electrons. The quantitative estimate of drug-likeness (QED) is 0.772. The zero-order valence-corrected chi connectivity index (χ0v) is 14.8. The average Bonchev–Trinajstić information content (AvgIpc) is 3.19. The molecule has 1 unspecified atom stereocenters. The van der Waals surface area contributed by atoms with Gasteiger partial charge in [0, 0.05) is 31.4 Å². The van der Waals surface area contributed by atoms with Gasteiger partial charge < -0.3 is 19.9 Å². The monoisotopic (exact) mass is 322 g/mol. The minimum Gasteiger partial charge on any atom is -0.444 e. The van der Waals surface area contributed by atoms with E-state index in [0.29, 0.717) is 12.6 Å². The molecule has 6 nitrogen and oxygen atoms in total. The molecule has 1 aliphatic carbocycles. The van der Waals surface area contributed by atoms with Crippen molar-refractivity contribution in [2.75, 3.05) is 6.54 Å². The van der Waals surface area contributed by atoms with E-state index >= 15 is 0 Å². The summed E-state index contributed by atoms with van der Waals surface area (Å²) in [6, 6.07) is 0.869. The Morgan fingerprint density at radius 1 is 1.48 bits per heavy atom. The Morgan fingerprint density at radius 2 is 2.22 bits per heavy atom. The van der Waals surface area contributed by atoms with E-state index < -0.39 is 5.60 Å². The van der Waals surface area contributed by atoms with Gasteiger partial charge >= 0.3 is 6.09 Å². The first-order valence-corrected chi connectivity index (χ1v) is 8.60. The van der Waals surface area contributed by atoms with Gasteiger partial charge in [-0.15, -0.1) is 0 Å². The number of hydrogen-bond acceptors (Lipinski definition) is 4. The zero-order valence-electron chi connectivity index (χ0n) is 14.8. The number of carbonyl (C=O) groups is 1. The van der Waals surface area contributed by atoms with E-state index in [1.54, 1.807) is 0 Å². The fourth-order valence-electron chi connectivity index (χ4n) is 2.54. The van der Waals surface area contributed by atoms with Crippen LogP contribution in [-0.2, 0) is 11.3 Å². The Morgan fingerprint density at radius 3 is 2.83 bits per heavy atom. The van der Waals surface area contributed by atoms with Gasteiger partial charge in [0.25, 0.3) is 0 Å². The van der Waals surface area contributed by atoms with Crippen LogP contribution in [0.3, 0.4) is 0 Å². The highest BCUT2D eigenvalue weighted by Gasteiger charge is 2.25. The lowest BCUT2D eigenvalue weighted by molar-refractivity contribution is 0.0521. The first kappa shape index (κ1) is 17.8. The van der Waals surface area contributed by atoms with Crippen LogP contribution in [0, 0.1) is 0 Å². The van der Waals surface area contributed by atoms with Gasteiger partial charge in [0.15, 0.2) is 0 Å². The molecule has 2 N–H and O–H groups in total. The maximum atomic E-state index is 11.8. The smallest absolute Gasteiger partial charge is 0.407 e. The van der Waals surface area contributed by atoms with Gasteiger partial charge in [0.1, 0.15) is 5.60 Å². The molecule has 23 heavy (non-hydrogen) atoms. The summed E-state index contributed by atoms with van der Waals surface area (Å²) in [6.45, 7) is 9.10. The van der Waals surface area contributed by atoms with Crippen molar-refractivity contribution < 1.29 is 9.53 Å². The standard InChI is InChI=1S/C17H30N4O2/c1-5-6-13(9-20-16(22)23-17(2,3)4)19-11-15-10-18-12-21(15)14-7-8-14/h10,12-14,19H,5-9,11H2,1-4H3,(H,20,22). The molecule has 0 spiro atoms. The van der Waals surface area contributed by atoms with Crippen molar-refractivity contribution in [3.63, 3.8) is 0 Å². The van der Waals surface area contributed by atoms with Crippen LogP contribution >= 0.6 is 0 Å². The topological polar surface area (TPSA) is 68.2 Å². The largest absolute Gasteiger partial charge is 0.444 e. The fourth-order valence-corrected chi connectivity index (χ4v) is 2.54. The van der Waals surface area contributed by atoms with E-state index in [4.69, 9.17) is 4.74 Å². The Hall–Kier alpha value is -1.56. The highest BCUT2D eigenvalue weighted by Crippen LogP contribution is 2.35. The first-order valence-electron chi connectivity index (χ1n) is 8.60. The molecule has 2 rings (SSSR count).